The van der Waals surface area contributed by atoms with Crippen molar-refractivity contribution in [2.75, 3.05) is 13.4 Å². The Balaban J connectivity index is 4.67. The molecule has 16 heavy (non-hydrogen) atoms. The lowest BCUT2D eigenvalue weighted by molar-refractivity contribution is -0.150. The highest BCUT2D eigenvalue weighted by atomic mass is 32.2. The van der Waals surface area contributed by atoms with Gasteiger partial charge in [-0.1, -0.05) is 13.3 Å². The van der Waals surface area contributed by atoms with Gasteiger partial charge in [0, 0.05) is 0 Å². The Labute approximate surface area is 101 Å². The third-order valence-electron chi connectivity index (χ3n) is 2.51. The van der Waals surface area contributed by atoms with Gasteiger partial charge in [0.2, 0.25) is 5.91 Å². The van der Waals surface area contributed by atoms with E-state index in [0.717, 1.165) is 6.42 Å². The van der Waals surface area contributed by atoms with Crippen LogP contribution in [0, 0.1) is 0 Å². The van der Waals surface area contributed by atoms with Gasteiger partial charge in [0.1, 0.15) is 5.54 Å². The van der Waals surface area contributed by atoms with Crippen LogP contribution in [0.5, 0.6) is 0 Å². The molecule has 2 atom stereocenters. The molecule has 0 heterocycles. The molecule has 0 spiro atoms. The smallest absolute Gasteiger partial charge is 0.331 e. The van der Waals surface area contributed by atoms with Crippen LogP contribution < -0.4 is 5.32 Å². The van der Waals surface area contributed by atoms with E-state index in [1.54, 1.807) is 6.92 Å². The molecule has 0 fully saturated rings. The van der Waals surface area contributed by atoms with Crippen molar-refractivity contribution in [2.24, 2.45) is 0 Å². The van der Waals surface area contributed by atoms with Crippen LogP contribution in [0.2, 0.25) is 0 Å². The highest BCUT2D eigenvalue weighted by molar-refractivity contribution is 7.99. The Kier molecular flexibility index (Phi) is 6.48. The summed E-state index contributed by atoms with van der Waals surface area (Å²) in [5.74, 6) is -0.523. The van der Waals surface area contributed by atoms with Crippen molar-refractivity contribution in [1.82, 2.24) is 5.32 Å². The number of esters is 1. The minimum atomic E-state index is -0.912. The zero-order valence-electron chi connectivity index (χ0n) is 10.6. The number of hydrogen-bond acceptors (Lipinski definition) is 4. The fraction of sp³-hybridized carbons (Fsp3) is 0.818. The molecule has 2 unspecified atom stereocenters. The summed E-state index contributed by atoms with van der Waals surface area (Å²) in [6, 6.07) is 0. The molecule has 0 aromatic heterocycles. The van der Waals surface area contributed by atoms with E-state index < -0.39 is 11.5 Å². The molecule has 0 saturated carbocycles. The van der Waals surface area contributed by atoms with Crippen molar-refractivity contribution in [3.05, 3.63) is 0 Å². The van der Waals surface area contributed by atoms with E-state index in [4.69, 9.17) is 4.74 Å². The van der Waals surface area contributed by atoms with Crippen LogP contribution >= 0.6 is 11.8 Å². The average Bonchev–Trinajstić information content (AvgIpc) is 2.26. The van der Waals surface area contributed by atoms with Crippen molar-refractivity contribution in [1.29, 1.82) is 0 Å². The summed E-state index contributed by atoms with van der Waals surface area (Å²) in [7, 11) is 1.33. The number of amides is 1. The van der Waals surface area contributed by atoms with Gasteiger partial charge in [-0.2, -0.15) is 11.8 Å². The summed E-state index contributed by atoms with van der Waals surface area (Å²) in [6.45, 7) is 5.47. The van der Waals surface area contributed by atoms with Crippen molar-refractivity contribution < 1.29 is 14.3 Å². The summed E-state index contributed by atoms with van der Waals surface area (Å²) in [6.07, 6.45) is 3.24. The fourth-order valence-corrected chi connectivity index (χ4v) is 1.69. The van der Waals surface area contributed by atoms with Gasteiger partial charge >= 0.3 is 5.97 Å². The van der Waals surface area contributed by atoms with Crippen molar-refractivity contribution >= 4 is 23.6 Å². The van der Waals surface area contributed by atoms with Crippen molar-refractivity contribution in [3.8, 4) is 0 Å². The van der Waals surface area contributed by atoms with E-state index in [-0.39, 0.29) is 11.2 Å². The quantitative estimate of drug-likeness (QED) is 0.724. The van der Waals surface area contributed by atoms with E-state index in [9.17, 15) is 9.59 Å². The molecule has 0 aromatic carbocycles. The van der Waals surface area contributed by atoms with Crippen LogP contribution in [0.1, 0.15) is 33.6 Å². The molecule has 0 radical (unpaired) electrons. The first-order valence-electron chi connectivity index (χ1n) is 5.34. The molecule has 0 rings (SSSR count). The Hall–Kier alpha value is -0.710. The Bertz CT molecular complexity index is 258. The lowest BCUT2D eigenvalue weighted by Gasteiger charge is -2.28. The predicted molar refractivity (Wildman–Crippen MR) is 66.4 cm³/mol. The number of hydrogen-bond donors (Lipinski definition) is 1. The first-order valence-corrected chi connectivity index (χ1v) is 6.63. The molecule has 0 aliphatic heterocycles. The van der Waals surface area contributed by atoms with Gasteiger partial charge < -0.3 is 10.1 Å². The number of nitrogens with one attached hydrogen (secondary N) is 1. The van der Waals surface area contributed by atoms with Gasteiger partial charge in [-0.15, -0.1) is 0 Å². The van der Waals surface area contributed by atoms with Crippen molar-refractivity contribution in [2.45, 2.75) is 44.4 Å². The third kappa shape index (κ3) is 4.04. The zero-order chi connectivity index (χ0) is 12.8. The molecule has 0 aliphatic rings. The van der Waals surface area contributed by atoms with E-state index in [0.29, 0.717) is 6.42 Å². The number of carbonyl (C=O) groups is 2. The second-order valence-electron chi connectivity index (χ2n) is 3.94. The Morgan fingerprint density at radius 1 is 1.50 bits per heavy atom. The highest BCUT2D eigenvalue weighted by Crippen LogP contribution is 2.16. The zero-order valence-corrected chi connectivity index (χ0v) is 11.4. The molecule has 0 saturated heterocycles. The lowest BCUT2D eigenvalue weighted by atomic mass is 9.96. The van der Waals surface area contributed by atoms with Gasteiger partial charge in [0.05, 0.1) is 12.4 Å². The van der Waals surface area contributed by atoms with E-state index in [2.05, 4.69) is 5.32 Å². The lowest BCUT2D eigenvalue weighted by Crippen LogP contribution is -2.54. The van der Waals surface area contributed by atoms with E-state index >= 15 is 0 Å². The Morgan fingerprint density at radius 2 is 2.06 bits per heavy atom. The van der Waals surface area contributed by atoms with E-state index in [1.807, 2.05) is 20.1 Å². The Morgan fingerprint density at radius 3 is 2.44 bits per heavy atom. The summed E-state index contributed by atoms with van der Waals surface area (Å²) < 4.78 is 4.72. The van der Waals surface area contributed by atoms with Crippen LogP contribution in [-0.4, -0.2) is 36.0 Å². The highest BCUT2D eigenvalue weighted by Gasteiger charge is 2.35. The maximum atomic E-state index is 11.7. The number of carbonyl (C=O) groups excluding carboxylic acids is 2. The number of methoxy groups -OCH3 is 1. The molecule has 1 N–H and O–H groups in total. The molecule has 0 aliphatic carbocycles. The predicted octanol–water partition coefficient (Wildman–Crippen LogP) is 1.59. The number of rotatable bonds is 6. The van der Waals surface area contributed by atoms with Gasteiger partial charge in [-0.3, -0.25) is 4.79 Å². The van der Waals surface area contributed by atoms with Crippen LogP contribution in [0.15, 0.2) is 0 Å². The summed E-state index contributed by atoms with van der Waals surface area (Å²) in [5, 5.41) is 2.60. The molecule has 0 aromatic rings. The monoisotopic (exact) mass is 247 g/mol. The molecule has 1 amide bonds. The fourth-order valence-electron chi connectivity index (χ4n) is 1.42. The summed E-state index contributed by atoms with van der Waals surface area (Å²) in [4.78, 5) is 23.4. The molecule has 5 heteroatoms. The van der Waals surface area contributed by atoms with Gasteiger partial charge in [-0.25, -0.2) is 4.79 Å². The van der Waals surface area contributed by atoms with Crippen LogP contribution in [-0.2, 0) is 14.3 Å². The van der Waals surface area contributed by atoms with Gasteiger partial charge in [0.25, 0.3) is 0 Å². The summed E-state index contributed by atoms with van der Waals surface area (Å²) in [5.41, 5.74) is -0.912. The van der Waals surface area contributed by atoms with Crippen LogP contribution in [0.25, 0.3) is 0 Å². The molecule has 4 nitrogen and oxygen atoms in total. The first-order chi connectivity index (χ1) is 7.41. The largest absolute Gasteiger partial charge is 0.467 e. The molecular weight excluding hydrogens is 226 g/mol. The van der Waals surface area contributed by atoms with Crippen molar-refractivity contribution in [3.63, 3.8) is 0 Å². The first kappa shape index (κ1) is 15.3. The topological polar surface area (TPSA) is 55.4 Å². The summed E-state index contributed by atoms with van der Waals surface area (Å²) >= 11 is 1.45. The number of thioether (sulfide) groups is 1. The standard InChI is InChI=1S/C11H21NO3S/c1-6-7-11(3,10(14)15-4)12-9(13)8(2)16-5/h8H,6-7H2,1-5H3,(H,12,13). The molecule has 0 bridgehead atoms. The minimum absolute atomic E-state index is 0.131. The maximum Gasteiger partial charge on any atom is 0.331 e. The SMILES string of the molecule is CCCC(C)(NC(=O)C(C)SC)C(=O)OC. The average molecular weight is 247 g/mol. The minimum Gasteiger partial charge on any atom is -0.467 e. The van der Waals surface area contributed by atoms with Crippen LogP contribution in [0.3, 0.4) is 0 Å². The maximum absolute atomic E-state index is 11.7. The normalized spacial score (nSPS) is 16.1. The number of ether oxygens (including phenoxy) is 1. The molecular formula is C11H21NO3S. The second kappa shape index (κ2) is 6.78. The van der Waals surface area contributed by atoms with Crippen LogP contribution in [0.4, 0.5) is 0 Å². The van der Waals surface area contributed by atoms with Gasteiger partial charge in [-0.05, 0) is 26.5 Å². The third-order valence-corrected chi connectivity index (χ3v) is 3.43. The molecule has 94 valence electrons. The van der Waals surface area contributed by atoms with Gasteiger partial charge in [0.15, 0.2) is 0 Å². The van der Waals surface area contributed by atoms with E-state index in [1.165, 1.54) is 18.9 Å². The second-order valence-corrected chi connectivity index (χ2v) is 5.12.